The van der Waals surface area contributed by atoms with Crippen LogP contribution in [0.5, 0.6) is 0 Å². The number of benzene rings is 2. The van der Waals surface area contributed by atoms with Gasteiger partial charge < -0.3 is 15.2 Å². The molecule has 2 N–H and O–H groups in total. The first-order chi connectivity index (χ1) is 15.8. The van der Waals surface area contributed by atoms with Gasteiger partial charge >= 0.3 is 0 Å². The summed E-state index contributed by atoms with van der Waals surface area (Å²) in [7, 11) is 0. The fourth-order valence-electron chi connectivity index (χ4n) is 2.87. The minimum atomic E-state index is -0.431. The summed E-state index contributed by atoms with van der Waals surface area (Å²) in [6, 6.07) is 11.0. The van der Waals surface area contributed by atoms with Crippen molar-refractivity contribution in [2.75, 3.05) is 11.1 Å². The first kappa shape index (κ1) is 25.1. The molecule has 0 spiro atoms. The molecule has 0 aliphatic heterocycles. The summed E-state index contributed by atoms with van der Waals surface area (Å²) in [6.07, 6.45) is 1.69. The first-order valence-corrected chi connectivity index (χ1v) is 11.9. The van der Waals surface area contributed by atoms with Crippen LogP contribution in [0, 0.1) is 0 Å². The average Bonchev–Trinajstić information content (AvgIpc) is 3.18. The number of nitrogens with zero attached hydrogens (tertiary/aromatic N) is 3. The minimum absolute atomic E-state index is 0.0983. The van der Waals surface area contributed by atoms with Crippen LogP contribution in [-0.4, -0.2) is 32.3 Å². The highest BCUT2D eigenvalue weighted by Gasteiger charge is 2.20. The third kappa shape index (κ3) is 6.74. The molecule has 0 fully saturated rings. The maximum absolute atomic E-state index is 12.5. The summed E-state index contributed by atoms with van der Waals surface area (Å²) < 4.78 is 1.80. The Morgan fingerprint density at radius 1 is 1.12 bits per heavy atom. The number of anilines is 1. The molecule has 3 aromatic rings. The third-order valence-corrected chi connectivity index (χ3v) is 6.39. The summed E-state index contributed by atoms with van der Waals surface area (Å²) in [5.74, 6) is 0.144. The first-order valence-electron chi connectivity index (χ1n) is 9.76. The van der Waals surface area contributed by atoms with E-state index in [-0.39, 0.29) is 17.6 Å². The van der Waals surface area contributed by atoms with Gasteiger partial charge in [0, 0.05) is 22.8 Å². The molecule has 33 heavy (non-hydrogen) atoms. The summed E-state index contributed by atoms with van der Waals surface area (Å²) >= 11 is 19.0. The molecule has 11 heteroatoms. The Labute approximate surface area is 210 Å². The molecule has 0 radical (unpaired) electrons. The predicted molar refractivity (Wildman–Crippen MR) is 133 cm³/mol. The molecule has 0 bridgehead atoms. The Balaban J connectivity index is 1.65. The number of amides is 2. The van der Waals surface area contributed by atoms with Gasteiger partial charge in [0.1, 0.15) is 0 Å². The molecule has 2 amide bonds. The number of rotatable bonds is 9. The molecule has 0 aliphatic carbocycles. The summed E-state index contributed by atoms with van der Waals surface area (Å²) in [5.41, 5.74) is 1.02. The molecule has 1 atom stereocenters. The number of thioether (sulfide) groups is 1. The van der Waals surface area contributed by atoms with Crippen molar-refractivity contribution < 1.29 is 9.59 Å². The minimum Gasteiger partial charge on any atom is -0.342 e. The lowest BCUT2D eigenvalue weighted by atomic mass is 10.2. The van der Waals surface area contributed by atoms with Gasteiger partial charge in [0.15, 0.2) is 11.0 Å². The molecule has 172 valence electrons. The summed E-state index contributed by atoms with van der Waals surface area (Å²) in [4.78, 5) is 24.9. The SMILES string of the molecule is C=CCn1c(SCC(=O)Nc2ccc(Cl)c(Cl)c2)nnc1[C@@H](C)NC(=O)c1ccc(Cl)cc1. The zero-order valence-corrected chi connectivity index (χ0v) is 20.6. The van der Waals surface area contributed by atoms with Gasteiger partial charge in [-0.2, -0.15) is 0 Å². The molecule has 1 aromatic heterocycles. The van der Waals surface area contributed by atoms with E-state index < -0.39 is 6.04 Å². The van der Waals surface area contributed by atoms with Gasteiger partial charge in [-0.1, -0.05) is 52.6 Å². The van der Waals surface area contributed by atoms with Crippen LogP contribution in [0.25, 0.3) is 0 Å². The van der Waals surface area contributed by atoms with Crippen LogP contribution in [0.4, 0.5) is 5.69 Å². The monoisotopic (exact) mass is 523 g/mol. The number of nitrogens with one attached hydrogen (secondary N) is 2. The second-order valence-electron chi connectivity index (χ2n) is 6.91. The highest BCUT2D eigenvalue weighted by atomic mass is 35.5. The molecular weight excluding hydrogens is 505 g/mol. The Hall–Kier alpha value is -2.52. The molecular formula is C22H20Cl3N5O2S. The summed E-state index contributed by atoms with van der Waals surface area (Å²) in [6.45, 7) is 6.00. The standard InChI is InChI=1S/C22H20Cl3N5O2S/c1-3-10-30-20(13(2)26-21(32)14-4-6-15(23)7-5-14)28-29-22(30)33-12-19(31)27-16-8-9-17(24)18(25)11-16/h3-9,11,13H,1,10,12H2,2H3,(H,26,32)(H,27,31)/t13-/m1/s1. The number of aromatic nitrogens is 3. The number of hydrogen-bond acceptors (Lipinski definition) is 5. The predicted octanol–water partition coefficient (Wildman–Crippen LogP) is 5.65. The van der Waals surface area contributed by atoms with Gasteiger partial charge in [0.25, 0.3) is 5.91 Å². The van der Waals surface area contributed by atoms with Crippen LogP contribution in [-0.2, 0) is 11.3 Å². The highest BCUT2D eigenvalue weighted by molar-refractivity contribution is 7.99. The largest absolute Gasteiger partial charge is 0.342 e. The molecule has 0 unspecified atom stereocenters. The average molecular weight is 525 g/mol. The zero-order valence-electron chi connectivity index (χ0n) is 17.5. The lowest BCUT2D eigenvalue weighted by Gasteiger charge is -2.15. The molecule has 0 aliphatic rings. The van der Waals surface area contributed by atoms with Gasteiger partial charge in [0.2, 0.25) is 5.91 Å². The fourth-order valence-corrected chi connectivity index (χ4v) is 4.05. The molecule has 1 heterocycles. The lowest BCUT2D eigenvalue weighted by molar-refractivity contribution is -0.113. The number of allylic oxidation sites excluding steroid dienone is 1. The van der Waals surface area contributed by atoms with E-state index in [9.17, 15) is 9.59 Å². The van der Waals surface area contributed by atoms with Gasteiger partial charge in [0.05, 0.1) is 21.8 Å². The maximum Gasteiger partial charge on any atom is 0.251 e. The number of hydrogen-bond donors (Lipinski definition) is 2. The Bertz CT molecular complexity index is 1170. The van der Waals surface area contributed by atoms with Crippen LogP contribution in [0.2, 0.25) is 15.1 Å². The van der Waals surface area contributed by atoms with Crippen molar-refractivity contribution in [1.82, 2.24) is 20.1 Å². The third-order valence-electron chi connectivity index (χ3n) is 4.43. The normalized spacial score (nSPS) is 11.6. The van der Waals surface area contributed by atoms with E-state index in [1.165, 1.54) is 11.8 Å². The van der Waals surface area contributed by atoms with Gasteiger partial charge in [-0.3, -0.25) is 9.59 Å². The number of carbonyl (C=O) groups is 2. The van der Waals surface area contributed by atoms with E-state index in [2.05, 4.69) is 27.4 Å². The smallest absolute Gasteiger partial charge is 0.251 e. The highest BCUT2D eigenvalue weighted by Crippen LogP contribution is 2.26. The van der Waals surface area contributed by atoms with Crippen LogP contribution >= 0.6 is 46.6 Å². The zero-order chi connectivity index (χ0) is 24.0. The molecule has 0 saturated heterocycles. The lowest BCUT2D eigenvalue weighted by Crippen LogP contribution is -2.28. The quantitative estimate of drug-likeness (QED) is 0.279. The Kier molecular flexibility index (Phi) is 8.80. The van der Waals surface area contributed by atoms with Crippen LogP contribution in [0.15, 0.2) is 60.3 Å². The number of carbonyl (C=O) groups excluding carboxylic acids is 2. The van der Waals surface area contributed by atoms with Gasteiger partial charge in [-0.15, -0.1) is 16.8 Å². The summed E-state index contributed by atoms with van der Waals surface area (Å²) in [5, 5.41) is 15.9. The second kappa shape index (κ2) is 11.6. The van der Waals surface area contributed by atoms with Crippen LogP contribution in [0.1, 0.15) is 29.1 Å². The molecule has 2 aromatic carbocycles. The Morgan fingerprint density at radius 3 is 2.52 bits per heavy atom. The van der Waals surface area contributed by atoms with Crippen molar-refractivity contribution >= 4 is 64.1 Å². The Morgan fingerprint density at radius 2 is 1.85 bits per heavy atom. The van der Waals surface area contributed by atoms with E-state index in [1.807, 2.05) is 6.92 Å². The van der Waals surface area contributed by atoms with E-state index >= 15 is 0 Å². The fraction of sp³-hybridized carbons (Fsp3) is 0.182. The van der Waals surface area contributed by atoms with E-state index in [0.717, 1.165) is 0 Å². The topological polar surface area (TPSA) is 88.9 Å². The van der Waals surface area contributed by atoms with Crippen molar-refractivity contribution in [3.05, 3.63) is 81.6 Å². The van der Waals surface area contributed by atoms with Crippen LogP contribution in [0.3, 0.4) is 0 Å². The van der Waals surface area contributed by atoms with E-state index in [1.54, 1.807) is 53.1 Å². The van der Waals surface area contributed by atoms with Gasteiger partial charge in [-0.05, 0) is 49.4 Å². The molecule has 7 nitrogen and oxygen atoms in total. The van der Waals surface area contributed by atoms with Crippen molar-refractivity contribution in [1.29, 1.82) is 0 Å². The van der Waals surface area contributed by atoms with Crippen molar-refractivity contribution in [3.8, 4) is 0 Å². The number of halogens is 3. The van der Waals surface area contributed by atoms with Gasteiger partial charge in [-0.25, -0.2) is 0 Å². The van der Waals surface area contributed by atoms with E-state index in [4.69, 9.17) is 34.8 Å². The molecule has 0 saturated carbocycles. The van der Waals surface area contributed by atoms with Crippen molar-refractivity contribution in [3.63, 3.8) is 0 Å². The van der Waals surface area contributed by atoms with Crippen molar-refractivity contribution in [2.24, 2.45) is 0 Å². The van der Waals surface area contributed by atoms with Crippen LogP contribution < -0.4 is 10.6 Å². The van der Waals surface area contributed by atoms with E-state index in [0.29, 0.717) is 43.8 Å². The maximum atomic E-state index is 12.5. The molecule has 3 rings (SSSR count). The van der Waals surface area contributed by atoms with Crippen molar-refractivity contribution in [2.45, 2.75) is 24.7 Å². The second-order valence-corrected chi connectivity index (χ2v) is 9.10.